The van der Waals surface area contributed by atoms with E-state index in [2.05, 4.69) is 14.9 Å². The molecule has 6 heteroatoms. The Labute approximate surface area is 165 Å². The van der Waals surface area contributed by atoms with Crippen molar-refractivity contribution in [1.82, 2.24) is 14.9 Å². The Kier molecular flexibility index (Phi) is 6.50. The number of thioether (sulfide) groups is 1. The van der Waals surface area contributed by atoms with Gasteiger partial charge >= 0.3 is 0 Å². The van der Waals surface area contributed by atoms with Crippen molar-refractivity contribution in [3.05, 3.63) is 46.8 Å². The van der Waals surface area contributed by atoms with Crippen molar-refractivity contribution in [1.29, 1.82) is 0 Å². The molecule has 144 valence electrons. The van der Waals surface area contributed by atoms with Crippen molar-refractivity contribution in [3.63, 3.8) is 0 Å². The fourth-order valence-electron chi connectivity index (χ4n) is 3.85. The highest BCUT2D eigenvalue weighted by molar-refractivity contribution is 7.98. The van der Waals surface area contributed by atoms with Crippen molar-refractivity contribution in [2.45, 2.75) is 38.4 Å². The van der Waals surface area contributed by atoms with Gasteiger partial charge in [-0.3, -0.25) is 9.69 Å². The van der Waals surface area contributed by atoms with E-state index in [1.165, 1.54) is 0 Å². The summed E-state index contributed by atoms with van der Waals surface area (Å²) in [5.41, 5.74) is 3.92. The average molecular weight is 386 g/mol. The Morgan fingerprint density at radius 2 is 1.93 bits per heavy atom. The Morgan fingerprint density at radius 1 is 1.26 bits per heavy atom. The summed E-state index contributed by atoms with van der Waals surface area (Å²) in [6.45, 7) is 6.57. The fourth-order valence-corrected chi connectivity index (χ4v) is 4.17. The predicted molar refractivity (Wildman–Crippen MR) is 109 cm³/mol. The van der Waals surface area contributed by atoms with E-state index in [0.717, 1.165) is 65.6 Å². The van der Waals surface area contributed by atoms with E-state index in [9.17, 15) is 4.79 Å². The molecule has 1 aromatic carbocycles. The molecule has 0 saturated carbocycles. The predicted octanol–water partition coefficient (Wildman–Crippen LogP) is 3.92. The second-order valence-electron chi connectivity index (χ2n) is 7.16. The first-order valence-corrected chi connectivity index (χ1v) is 10.5. The van der Waals surface area contributed by atoms with E-state index in [1.54, 1.807) is 18.9 Å². The molecule has 1 aliphatic rings. The highest BCUT2D eigenvalue weighted by atomic mass is 32.2. The smallest absolute Gasteiger partial charge is 0.187 e. The van der Waals surface area contributed by atoms with Crippen molar-refractivity contribution in [3.8, 4) is 5.75 Å². The quantitative estimate of drug-likeness (QED) is 0.427. The number of carbonyl (C=O) groups is 1. The molecule has 0 aliphatic carbocycles. The zero-order chi connectivity index (χ0) is 19.4. The van der Waals surface area contributed by atoms with Gasteiger partial charge in [0.05, 0.1) is 7.11 Å². The van der Waals surface area contributed by atoms with Crippen LogP contribution in [0.4, 0.5) is 0 Å². The molecule has 2 heterocycles. The van der Waals surface area contributed by atoms with Crippen molar-refractivity contribution >= 4 is 17.5 Å². The van der Waals surface area contributed by atoms with Crippen LogP contribution in [-0.4, -0.2) is 47.1 Å². The Hall–Kier alpha value is -1.92. The van der Waals surface area contributed by atoms with Crippen LogP contribution >= 0.6 is 11.8 Å². The molecule has 1 aromatic heterocycles. The molecule has 1 aliphatic heterocycles. The lowest BCUT2D eigenvalue weighted by Gasteiger charge is -2.32. The molecule has 0 N–H and O–H groups in total. The molecule has 0 bridgehead atoms. The van der Waals surface area contributed by atoms with E-state index >= 15 is 0 Å². The van der Waals surface area contributed by atoms with Crippen LogP contribution in [0.15, 0.2) is 29.7 Å². The van der Waals surface area contributed by atoms with Gasteiger partial charge in [0.15, 0.2) is 10.9 Å². The standard InChI is InChI=1S/C21H27N3O2S/c1-14-8-18(9-15(2)20(14)26-3)19(25)17-6-5-7-24(13-17)12-16-10-22-21(27-4)23-11-16/h8-11,17H,5-7,12-13H2,1-4H3/t17-/m0/s1. The van der Waals surface area contributed by atoms with Gasteiger partial charge in [-0.25, -0.2) is 9.97 Å². The number of aryl methyl sites for hydroxylation is 2. The summed E-state index contributed by atoms with van der Waals surface area (Å²) >= 11 is 1.54. The number of rotatable bonds is 6. The number of carbonyl (C=O) groups excluding carboxylic acids is 1. The van der Waals surface area contributed by atoms with E-state index in [0.29, 0.717) is 0 Å². The molecular formula is C21H27N3O2S. The van der Waals surface area contributed by atoms with Crippen LogP contribution in [0.25, 0.3) is 0 Å². The first-order chi connectivity index (χ1) is 13.0. The number of nitrogens with zero attached hydrogens (tertiary/aromatic N) is 3. The van der Waals surface area contributed by atoms with Gasteiger partial charge in [0.25, 0.3) is 0 Å². The number of ketones is 1. The van der Waals surface area contributed by atoms with Gasteiger partial charge in [-0.05, 0) is 62.7 Å². The van der Waals surface area contributed by atoms with Gasteiger partial charge < -0.3 is 4.74 Å². The maximum Gasteiger partial charge on any atom is 0.187 e. The lowest BCUT2D eigenvalue weighted by atomic mass is 9.88. The molecule has 0 radical (unpaired) electrons. The number of hydrogen-bond acceptors (Lipinski definition) is 6. The number of aromatic nitrogens is 2. The lowest BCUT2D eigenvalue weighted by Crippen LogP contribution is -2.38. The molecule has 5 nitrogen and oxygen atoms in total. The van der Waals surface area contributed by atoms with Gasteiger partial charge in [0, 0.05) is 42.5 Å². The van der Waals surface area contributed by atoms with Crippen LogP contribution < -0.4 is 4.74 Å². The first-order valence-electron chi connectivity index (χ1n) is 9.28. The second kappa shape index (κ2) is 8.85. The summed E-state index contributed by atoms with van der Waals surface area (Å²) in [4.78, 5) is 24.1. The summed E-state index contributed by atoms with van der Waals surface area (Å²) in [5.74, 6) is 1.14. The molecule has 0 amide bonds. The molecule has 0 unspecified atom stereocenters. The highest BCUT2D eigenvalue weighted by Gasteiger charge is 2.27. The SMILES string of the molecule is COc1c(C)cc(C(=O)[C@H]2CCCN(Cc3cnc(SC)nc3)C2)cc1C. The molecule has 1 fully saturated rings. The van der Waals surface area contributed by atoms with E-state index in [1.807, 2.05) is 44.6 Å². The van der Waals surface area contributed by atoms with Crippen LogP contribution in [0, 0.1) is 19.8 Å². The van der Waals surface area contributed by atoms with Crippen LogP contribution in [0.5, 0.6) is 5.75 Å². The number of methoxy groups -OCH3 is 1. The maximum atomic E-state index is 13.1. The van der Waals surface area contributed by atoms with Crippen molar-refractivity contribution in [2.24, 2.45) is 5.92 Å². The fraction of sp³-hybridized carbons (Fsp3) is 0.476. The molecule has 3 rings (SSSR count). The molecule has 1 atom stereocenters. The lowest BCUT2D eigenvalue weighted by molar-refractivity contribution is 0.0811. The number of hydrogen-bond donors (Lipinski definition) is 0. The normalized spacial score (nSPS) is 17.7. The number of Topliss-reactive ketones (excluding diaryl/α,β-unsaturated/α-hetero) is 1. The Balaban J connectivity index is 1.69. The summed E-state index contributed by atoms with van der Waals surface area (Å²) in [5, 5.41) is 0.788. The average Bonchev–Trinajstić information content (AvgIpc) is 2.68. The first kappa shape index (κ1) is 19.8. The minimum atomic E-state index is 0.0392. The number of likely N-dealkylation sites (tertiary alicyclic amines) is 1. The highest BCUT2D eigenvalue weighted by Crippen LogP contribution is 2.28. The summed E-state index contributed by atoms with van der Waals surface area (Å²) < 4.78 is 5.42. The third kappa shape index (κ3) is 4.68. The summed E-state index contributed by atoms with van der Waals surface area (Å²) in [6, 6.07) is 3.92. The summed E-state index contributed by atoms with van der Waals surface area (Å²) in [7, 11) is 1.67. The van der Waals surface area contributed by atoms with E-state index in [4.69, 9.17) is 4.74 Å². The van der Waals surface area contributed by atoms with Gasteiger partial charge in [0.1, 0.15) is 5.75 Å². The third-order valence-electron chi connectivity index (χ3n) is 5.10. The molecule has 0 spiro atoms. The van der Waals surface area contributed by atoms with Crippen LogP contribution in [-0.2, 0) is 6.54 Å². The molecular weight excluding hydrogens is 358 g/mol. The molecule has 1 saturated heterocycles. The van der Waals surface area contributed by atoms with Gasteiger partial charge in [-0.1, -0.05) is 11.8 Å². The van der Waals surface area contributed by atoms with Crippen LogP contribution in [0.3, 0.4) is 0 Å². The minimum Gasteiger partial charge on any atom is -0.496 e. The van der Waals surface area contributed by atoms with Crippen LogP contribution in [0.1, 0.15) is 39.9 Å². The third-order valence-corrected chi connectivity index (χ3v) is 5.67. The maximum absolute atomic E-state index is 13.1. The molecule has 27 heavy (non-hydrogen) atoms. The summed E-state index contributed by atoms with van der Waals surface area (Å²) in [6.07, 6.45) is 7.73. The Morgan fingerprint density at radius 3 is 2.52 bits per heavy atom. The number of ether oxygens (including phenoxy) is 1. The number of piperidine rings is 1. The largest absolute Gasteiger partial charge is 0.496 e. The zero-order valence-electron chi connectivity index (χ0n) is 16.5. The topological polar surface area (TPSA) is 55.3 Å². The Bertz CT molecular complexity index is 785. The van der Waals surface area contributed by atoms with Gasteiger partial charge in [-0.15, -0.1) is 0 Å². The zero-order valence-corrected chi connectivity index (χ0v) is 17.3. The van der Waals surface area contributed by atoms with Gasteiger partial charge in [0.2, 0.25) is 0 Å². The van der Waals surface area contributed by atoms with Gasteiger partial charge in [-0.2, -0.15) is 0 Å². The minimum absolute atomic E-state index is 0.0392. The van der Waals surface area contributed by atoms with E-state index in [-0.39, 0.29) is 11.7 Å². The van der Waals surface area contributed by atoms with Crippen molar-refractivity contribution < 1.29 is 9.53 Å². The van der Waals surface area contributed by atoms with Crippen molar-refractivity contribution in [2.75, 3.05) is 26.5 Å². The monoisotopic (exact) mass is 385 g/mol. The van der Waals surface area contributed by atoms with Crippen LogP contribution in [0.2, 0.25) is 0 Å². The second-order valence-corrected chi connectivity index (χ2v) is 7.93. The number of benzene rings is 1. The molecule has 2 aromatic rings. The van der Waals surface area contributed by atoms with E-state index < -0.39 is 0 Å².